The molecule has 0 saturated carbocycles. The van der Waals surface area contributed by atoms with E-state index in [1.54, 1.807) is 31.2 Å². The number of hydrazine groups is 1. The third-order valence-electron chi connectivity index (χ3n) is 3.65. The van der Waals surface area contributed by atoms with Crippen LogP contribution in [0.1, 0.15) is 25.7 Å². The van der Waals surface area contributed by atoms with Gasteiger partial charge in [0.15, 0.2) is 0 Å². The summed E-state index contributed by atoms with van der Waals surface area (Å²) in [5, 5.41) is 0.757. The predicted molar refractivity (Wildman–Crippen MR) is 100 cm³/mol. The van der Waals surface area contributed by atoms with Gasteiger partial charge in [0, 0.05) is 11.1 Å². The first kappa shape index (κ1) is 17.6. The van der Waals surface area contributed by atoms with E-state index < -0.39 is 11.8 Å². The molecule has 2 amide bonds. The summed E-state index contributed by atoms with van der Waals surface area (Å²) in [4.78, 5) is 29.4. The van der Waals surface area contributed by atoms with E-state index in [2.05, 4.69) is 15.8 Å². The van der Waals surface area contributed by atoms with Crippen molar-refractivity contribution < 1.29 is 14.3 Å². The minimum absolute atomic E-state index is 0.385. The van der Waals surface area contributed by atoms with E-state index in [4.69, 9.17) is 4.74 Å². The number of ether oxygens (including phenoxy) is 1. The Morgan fingerprint density at radius 3 is 2.46 bits per heavy atom. The van der Waals surface area contributed by atoms with Crippen LogP contribution in [0.3, 0.4) is 0 Å². The van der Waals surface area contributed by atoms with Gasteiger partial charge in [0.25, 0.3) is 11.8 Å². The van der Waals surface area contributed by atoms with Crippen molar-refractivity contribution in [2.75, 3.05) is 7.11 Å². The first-order chi connectivity index (χ1) is 12.6. The zero-order chi connectivity index (χ0) is 18.5. The summed E-state index contributed by atoms with van der Waals surface area (Å²) < 4.78 is 5.09. The molecule has 0 unspecified atom stereocenters. The molecule has 3 aromatic rings. The smallest absolute Gasteiger partial charge is 0.281 e. The lowest BCUT2D eigenvalue weighted by atomic mass is 10.2. The lowest BCUT2D eigenvalue weighted by Crippen LogP contribution is -2.41. The van der Waals surface area contributed by atoms with E-state index in [1.165, 1.54) is 18.4 Å². The van der Waals surface area contributed by atoms with Crippen molar-refractivity contribution >= 4 is 23.2 Å². The van der Waals surface area contributed by atoms with Crippen molar-refractivity contribution in [3.63, 3.8) is 0 Å². The Labute approximate surface area is 154 Å². The molecule has 132 valence electrons. The van der Waals surface area contributed by atoms with Crippen LogP contribution in [-0.2, 0) is 0 Å². The Morgan fingerprint density at radius 1 is 1.00 bits per heavy atom. The Morgan fingerprint density at radius 2 is 1.73 bits per heavy atom. The van der Waals surface area contributed by atoms with Gasteiger partial charge in [-0.3, -0.25) is 20.4 Å². The highest BCUT2D eigenvalue weighted by atomic mass is 32.1. The van der Waals surface area contributed by atoms with Crippen LogP contribution in [-0.4, -0.2) is 23.9 Å². The molecule has 0 aliphatic heterocycles. The Kier molecular flexibility index (Phi) is 5.28. The van der Waals surface area contributed by atoms with Crippen molar-refractivity contribution in [2.45, 2.75) is 6.92 Å². The quantitative estimate of drug-likeness (QED) is 0.694. The van der Waals surface area contributed by atoms with Gasteiger partial charge in [-0.15, -0.1) is 11.3 Å². The van der Waals surface area contributed by atoms with Crippen LogP contribution in [0, 0.1) is 6.92 Å². The molecular formula is C19H17N3O3S. The number of aromatic nitrogens is 1. The van der Waals surface area contributed by atoms with Gasteiger partial charge in [0.05, 0.1) is 12.8 Å². The molecule has 2 N–H and O–H groups in total. The number of aryl methyl sites for hydroxylation is 1. The van der Waals surface area contributed by atoms with Crippen LogP contribution >= 0.6 is 11.3 Å². The number of hydrogen-bond donors (Lipinski definition) is 2. The topological polar surface area (TPSA) is 80.3 Å². The second-order valence-corrected chi connectivity index (χ2v) is 6.44. The highest BCUT2D eigenvalue weighted by Crippen LogP contribution is 2.27. The number of benzene rings is 2. The molecule has 0 radical (unpaired) electrons. The highest BCUT2D eigenvalue weighted by molar-refractivity contribution is 7.17. The Bertz CT molecular complexity index is 938. The average Bonchev–Trinajstić information content (AvgIpc) is 3.08. The molecule has 3 rings (SSSR count). The van der Waals surface area contributed by atoms with Crippen LogP contribution in [0.4, 0.5) is 0 Å². The van der Waals surface area contributed by atoms with E-state index in [-0.39, 0.29) is 0 Å². The standard InChI is InChI=1S/C19H17N3O3S/c1-12-16(26-19(20-12)13-7-4-3-5-8-13)18(24)22-21-17(23)14-9-6-10-15(11-14)25-2/h3-11H,1-2H3,(H,21,23)(H,22,24). The number of rotatable bonds is 4. The van der Waals surface area contributed by atoms with Gasteiger partial charge in [0.2, 0.25) is 0 Å². The molecule has 1 heterocycles. The number of hydrogen-bond acceptors (Lipinski definition) is 5. The normalized spacial score (nSPS) is 10.2. The second kappa shape index (κ2) is 7.79. The maximum absolute atomic E-state index is 12.4. The molecule has 0 fully saturated rings. The summed E-state index contributed by atoms with van der Waals surface area (Å²) in [6.07, 6.45) is 0. The minimum atomic E-state index is -0.428. The summed E-state index contributed by atoms with van der Waals surface area (Å²) in [5.74, 6) is -0.268. The number of amides is 2. The fourth-order valence-electron chi connectivity index (χ4n) is 2.32. The van der Waals surface area contributed by atoms with Crippen LogP contribution in [0.15, 0.2) is 54.6 Å². The number of methoxy groups -OCH3 is 1. The van der Waals surface area contributed by atoms with Gasteiger partial charge in [-0.2, -0.15) is 0 Å². The average molecular weight is 367 g/mol. The molecule has 6 nitrogen and oxygen atoms in total. The molecule has 0 aliphatic carbocycles. The number of carbonyl (C=O) groups is 2. The van der Waals surface area contributed by atoms with Crippen LogP contribution in [0.25, 0.3) is 10.6 Å². The molecule has 0 bridgehead atoms. The zero-order valence-corrected chi connectivity index (χ0v) is 15.1. The monoisotopic (exact) mass is 367 g/mol. The van der Waals surface area contributed by atoms with Crippen molar-refractivity contribution in [2.24, 2.45) is 0 Å². The molecule has 1 aromatic heterocycles. The fraction of sp³-hybridized carbons (Fsp3) is 0.105. The van der Waals surface area contributed by atoms with E-state index in [0.717, 1.165) is 10.6 Å². The Balaban J connectivity index is 1.68. The predicted octanol–water partition coefficient (Wildman–Crippen LogP) is 3.20. The minimum Gasteiger partial charge on any atom is -0.497 e. The summed E-state index contributed by atoms with van der Waals surface area (Å²) >= 11 is 1.28. The highest BCUT2D eigenvalue weighted by Gasteiger charge is 2.17. The fourth-order valence-corrected chi connectivity index (χ4v) is 3.29. The molecule has 2 aromatic carbocycles. The third-order valence-corrected chi connectivity index (χ3v) is 4.85. The van der Waals surface area contributed by atoms with E-state index in [0.29, 0.717) is 21.9 Å². The van der Waals surface area contributed by atoms with Crippen LogP contribution in [0.5, 0.6) is 5.75 Å². The van der Waals surface area contributed by atoms with Crippen molar-refractivity contribution in [1.29, 1.82) is 0 Å². The second-order valence-electron chi connectivity index (χ2n) is 5.44. The summed E-state index contributed by atoms with van der Waals surface area (Å²) in [6, 6.07) is 16.3. The SMILES string of the molecule is COc1cccc(C(=O)NNC(=O)c2sc(-c3ccccc3)nc2C)c1. The number of carbonyl (C=O) groups excluding carboxylic acids is 2. The zero-order valence-electron chi connectivity index (χ0n) is 14.3. The van der Waals surface area contributed by atoms with Crippen molar-refractivity contribution in [3.8, 4) is 16.3 Å². The summed E-state index contributed by atoms with van der Waals surface area (Å²) in [6.45, 7) is 1.77. The third kappa shape index (κ3) is 3.89. The molecular weight excluding hydrogens is 350 g/mol. The number of nitrogens with one attached hydrogen (secondary N) is 2. The van der Waals surface area contributed by atoms with Crippen LogP contribution < -0.4 is 15.6 Å². The number of nitrogens with zero attached hydrogens (tertiary/aromatic N) is 1. The van der Waals surface area contributed by atoms with Gasteiger partial charge in [-0.05, 0) is 25.1 Å². The largest absolute Gasteiger partial charge is 0.497 e. The summed E-state index contributed by atoms with van der Waals surface area (Å²) in [5.41, 5.74) is 6.78. The van der Waals surface area contributed by atoms with Gasteiger partial charge in [-0.25, -0.2) is 4.98 Å². The van der Waals surface area contributed by atoms with Crippen molar-refractivity contribution in [1.82, 2.24) is 15.8 Å². The summed E-state index contributed by atoms with van der Waals surface area (Å²) in [7, 11) is 1.52. The number of thiazole rings is 1. The van der Waals surface area contributed by atoms with Crippen molar-refractivity contribution in [3.05, 3.63) is 70.7 Å². The van der Waals surface area contributed by atoms with Gasteiger partial charge >= 0.3 is 0 Å². The van der Waals surface area contributed by atoms with E-state index in [9.17, 15) is 9.59 Å². The molecule has 0 atom stereocenters. The molecule has 26 heavy (non-hydrogen) atoms. The lowest BCUT2D eigenvalue weighted by Gasteiger charge is -2.07. The van der Waals surface area contributed by atoms with E-state index in [1.807, 2.05) is 30.3 Å². The maximum atomic E-state index is 12.4. The van der Waals surface area contributed by atoms with Gasteiger partial charge < -0.3 is 4.74 Å². The maximum Gasteiger partial charge on any atom is 0.281 e. The van der Waals surface area contributed by atoms with E-state index >= 15 is 0 Å². The molecule has 0 aliphatic rings. The first-order valence-electron chi connectivity index (χ1n) is 7.86. The molecule has 0 spiro atoms. The Hall–Kier alpha value is -3.19. The molecule has 7 heteroatoms. The lowest BCUT2D eigenvalue weighted by molar-refractivity contribution is 0.0848. The first-order valence-corrected chi connectivity index (χ1v) is 8.67. The van der Waals surface area contributed by atoms with Crippen LogP contribution in [0.2, 0.25) is 0 Å². The molecule has 0 saturated heterocycles. The van der Waals surface area contributed by atoms with Gasteiger partial charge in [0.1, 0.15) is 15.6 Å². The van der Waals surface area contributed by atoms with Gasteiger partial charge in [-0.1, -0.05) is 36.4 Å².